The smallest absolute Gasteiger partial charge is 0.336 e. The Morgan fingerprint density at radius 1 is 1.24 bits per heavy atom. The van der Waals surface area contributed by atoms with E-state index >= 15 is 0 Å². The van der Waals surface area contributed by atoms with Crippen molar-refractivity contribution in [1.29, 1.82) is 0 Å². The SMILES string of the molecule is CCC(=O)[C@H]1OC(C)(C)O[C@H]1C(=O)C(F)P(=O)(OC)OC. The summed E-state index contributed by atoms with van der Waals surface area (Å²) in [5, 5.41) is 0. The number of ketones is 2. The zero-order valence-corrected chi connectivity index (χ0v) is 13.5. The highest BCUT2D eigenvalue weighted by Gasteiger charge is 2.53. The molecule has 0 aliphatic carbocycles. The molecule has 0 radical (unpaired) electrons. The van der Waals surface area contributed by atoms with Gasteiger partial charge in [-0.1, -0.05) is 6.92 Å². The standard InChI is InChI=1S/C12H20FO7P/c1-6-7(14)9-10(20-12(2,3)19-9)8(15)11(13)21(16,17-4)18-5/h9-11H,6H2,1-5H3/t9-,10+,11?/m1/s1. The average molecular weight is 326 g/mol. The third kappa shape index (κ3) is 3.76. The number of alkyl halides is 1. The molecule has 0 N–H and O–H groups in total. The fourth-order valence-electron chi connectivity index (χ4n) is 1.96. The predicted molar refractivity (Wildman–Crippen MR) is 70.7 cm³/mol. The maximum atomic E-state index is 14.2. The van der Waals surface area contributed by atoms with Crippen molar-refractivity contribution in [2.75, 3.05) is 14.2 Å². The Balaban J connectivity index is 3.03. The summed E-state index contributed by atoms with van der Waals surface area (Å²) < 4.78 is 45.7. The molecule has 0 saturated carbocycles. The molecule has 1 rings (SSSR count). The summed E-state index contributed by atoms with van der Waals surface area (Å²) in [4.78, 5) is 24.0. The van der Waals surface area contributed by atoms with Crippen LogP contribution in [0.1, 0.15) is 27.2 Å². The van der Waals surface area contributed by atoms with Gasteiger partial charge in [0.1, 0.15) is 0 Å². The number of hydrogen-bond donors (Lipinski definition) is 0. The van der Waals surface area contributed by atoms with Crippen LogP contribution in [-0.2, 0) is 32.7 Å². The van der Waals surface area contributed by atoms with Crippen molar-refractivity contribution >= 4 is 19.2 Å². The molecule has 0 aromatic carbocycles. The van der Waals surface area contributed by atoms with Crippen LogP contribution >= 0.6 is 7.60 Å². The van der Waals surface area contributed by atoms with Crippen molar-refractivity contribution in [1.82, 2.24) is 0 Å². The Morgan fingerprint density at radius 2 is 1.71 bits per heavy atom. The largest absolute Gasteiger partial charge is 0.371 e. The van der Waals surface area contributed by atoms with E-state index in [2.05, 4.69) is 9.05 Å². The Morgan fingerprint density at radius 3 is 2.14 bits per heavy atom. The van der Waals surface area contributed by atoms with Crippen LogP contribution in [-0.4, -0.2) is 49.7 Å². The molecule has 0 aromatic heterocycles. The molecule has 9 heteroatoms. The van der Waals surface area contributed by atoms with Crippen LogP contribution in [0.15, 0.2) is 0 Å². The molecule has 122 valence electrons. The minimum absolute atomic E-state index is 0.0943. The van der Waals surface area contributed by atoms with Gasteiger partial charge in [0.2, 0.25) is 5.78 Å². The molecule has 0 aromatic rings. The van der Waals surface area contributed by atoms with Crippen molar-refractivity contribution in [2.45, 2.75) is 51.1 Å². The minimum Gasteiger partial charge on any atom is -0.336 e. The van der Waals surface area contributed by atoms with Gasteiger partial charge in [-0.2, -0.15) is 0 Å². The Bertz CT molecular complexity index is 457. The van der Waals surface area contributed by atoms with Gasteiger partial charge in [0.15, 0.2) is 23.8 Å². The number of ether oxygens (including phenoxy) is 2. The lowest BCUT2D eigenvalue weighted by molar-refractivity contribution is -0.159. The van der Waals surface area contributed by atoms with E-state index < -0.39 is 43.1 Å². The van der Waals surface area contributed by atoms with E-state index in [1.807, 2.05) is 0 Å². The van der Waals surface area contributed by atoms with Crippen LogP contribution in [0, 0.1) is 0 Å². The molecule has 0 bridgehead atoms. The molecule has 1 saturated heterocycles. The van der Waals surface area contributed by atoms with Crippen LogP contribution in [0.2, 0.25) is 0 Å². The van der Waals surface area contributed by atoms with Gasteiger partial charge in [-0.05, 0) is 13.8 Å². The predicted octanol–water partition coefficient (Wildman–Crippen LogP) is 1.84. The molecule has 1 heterocycles. The van der Waals surface area contributed by atoms with E-state index in [1.54, 1.807) is 6.92 Å². The van der Waals surface area contributed by atoms with E-state index in [4.69, 9.17) is 9.47 Å². The summed E-state index contributed by atoms with van der Waals surface area (Å²) in [5.41, 5.74) is 0. The molecular formula is C12H20FO7P. The third-order valence-electron chi connectivity index (χ3n) is 3.06. The van der Waals surface area contributed by atoms with E-state index in [9.17, 15) is 18.5 Å². The maximum absolute atomic E-state index is 14.2. The summed E-state index contributed by atoms with van der Waals surface area (Å²) in [6, 6.07) is 0. The van der Waals surface area contributed by atoms with Crippen LogP contribution < -0.4 is 0 Å². The third-order valence-corrected chi connectivity index (χ3v) is 4.89. The van der Waals surface area contributed by atoms with Crippen molar-refractivity contribution in [3.63, 3.8) is 0 Å². The number of carbonyl (C=O) groups is 2. The lowest BCUT2D eigenvalue weighted by atomic mass is 10.0. The maximum Gasteiger partial charge on any atom is 0.371 e. The Labute approximate surface area is 122 Å². The van der Waals surface area contributed by atoms with Crippen molar-refractivity contribution in [3.05, 3.63) is 0 Å². The zero-order valence-electron chi connectivity index (χ0n) is 12.6. The fourth-order valence-corrected chi connectivity index (χ4v) is 2.93. The summed E-state index contributed by atoms with van der Waals surface area (Å²) in [7, 11) is -2.32. The van der Waals surface area contributed by atoms with Crippen LogP contribution in [0.5, 0.6) is 0 Å². The monoisotopic (exact) mass is 326 g/mol. The Hall–Kier alpha value is -0.660. The van der Waals surface area contributed by atoms with Crippen LogP contribution in [0.3, 0.4) is 0 Å². The quantitative estimate of drug-likeness (QED) is 0.660. The minimum atomic E-state index is -4.25. The van der Waals surface area contributed by atoms with Gasteiger partial charge in [-0.15, -0.1) is 0 Å². The first-order valence-electron chi connectivity index (χ1n) is 6.39. The summed E-state index contributed by atoms with van der Waals surface area (Å²) in [5.74, 6) is -5.38. The van der Waals surface area contributed by atoms with Crippen molar-refractivity contribution < 1.29 is 37.1 Å². The first kappa shape index (κ1) is 18.4. The van der Waals surface area contributed by atoms with E-state index in [-0.39, 0.29) is 6.42 Å². The summed E-state index contributed by atoms with van der Waals surface area (Å²) >= 11 is 0. The topological polar surface area (TPSA) is 88.1 Å². The van der Waals surface area contributed by atoms with Gasteiger partial charge in [-0.3, -0.25) is 14.2 Å². The van der Waals surface area contributed by atoms with E-state index in [1.165, 1.54) is 13.8 Å². The number of hydrogen-bond acceptors (Lipinski definition) is 7. The van der Waals surface area contributed by atoms with Gasteiger partial charge in [-0.25, -0.2) is 4.39 Å². The highest BCUT2D eigenvalue weighted by molar-refractivity contribution is 7.55. The van der Waals surface area contributed by atoms with Gasteiger partial charge in [0, 0.05) is 20.6 Å². The molecule has 21 heavy (non-hydrogen) atoms. The van der Waals surface area contributed by atoms with Crippen LogP contribution in [0.25, 0.3) is 0 Å². The second kappa shape index (κ2) is 6.62. The number of Topliss-reactive ketones (excluding diaryl/α,β-unsaturated/α-hetero) is 2. The molecule has 3 atom stereocenters. The van der Waals surface area contributed by atoms with Crippen molar-refractivity contribution in [3.8, 4) is 0 Å². The molecule has 1 unspecified atom stereocenters. The molecule has 1 fully saturated rings. The van der Waals surface area contributed by atoms with E-state index in [0.717, 1.165) is 14.2 Å². The number of rotatable bonds is 7. The summed E-state index contributed by atoms with van der Waals surface area (Å²) in [6.45, 7) is 4.58. The van der Waals surface area contributed by atoms with Gasteiger partial charge in [0.25, 0.3) is 5.91 Å². The highest BCUT2D eigenvalue weighted by Crippen LogP contribution is 2.53. The molecule has 1 aliphatic rings. The Kier molecular flexibility index (Phi) is 5.80. The molecule has 0 spiro atoms. The van der Waals surface area contributed by atoms with E-state index in [0.29, 0.717) is 0 Å². The van der Waals surface area contributed by atoms with Crippen molar-refractivity contribution in [2.24, 2.45) is 0 Å². The highest BCUT2D eigenvalue weighted by atomic mass is 31.2. The lowest BCUT2D eigenvalue weighted by Crippen LogP contribution is -2.41. The fraction of sp³-hybridized carbons (Fsp3) is 0.833. The van der Waals surface area contributed by atoms with Crippen LogP contribution in [0.4, 0.5) is 4.39 Å². The normalized spacial score (nSPS) is 26.6. The first-order chi connectivity index (χ1) is 9.61. The molecule has 0 amide bonds. The van der Waals surface area contributed by atoms with Gasteiger partial charge >= 0.3 is 7.60 Å². The lowest BCUT2D eigenvalue weighted by Gasteiger charge is -2.21. The molecule has 1 aliphatic heterocycles. The molecular weight excluding hydrogens is 306 g/mol. The first-order valence-corrected chi connectivity index (χ1v) is 8.00. The van der Waals surface area contributed by atoms with Gasteiger partial charge in [0.05, 0.1) is 0 Å². The molecule has 7 nitrogen and oxygen atoms in total. The second-order valence-corrected chi connectivity index (χ2v) is 7.20. The summed E-state index contributed by atoms with van der Waals surface area (Å²) in [6.07, 6.45) is -2.63. The number of halogens is 1. The second-order valence-electron chi connectivity index (χ2n) is 4.94. The average Bonchev–Trinajstić information content (AvgIpc) is 2.79. The zero-order chi connectivity index (χ0) is 16.4. The van der Waals surface area contributed by atoms with Gasteiger partial charge < -0.3 is 18.5 Å². The number of carbonyl (C=O) groups excluding carboxylic acids is 2.